The first-order chi connectivity index (χ1) is 27.8. The zero-order chi connectivity index (χ0) is 37.3. The minimum absolute atomic E-state index is 1.11. The van der Waals surface area contributed by atoms with Crippen LogP contribution >= 0.6 is 0 Å². The average molecular weight is 730 g/mol. The van der Waals surface area contributed by atoms with Crippen molar-refractivity contribution in [3.05, 3.63) is 237 Å². The Morgan fingerprint density at radius 1 is 0.286 bits per heavy atom. The van der Waals surface area contributed by atoms with Gasteiger partial charge in [0.2, 0.25) is 0 Å². The standard InChI is InChI=1S/C54H39NSi/c1-5-19-40(20-6-1)41-35-37-44(38-36-41)55(51-32-15-13-29-48(51)42-21-7-2-8-22-42)45-24-17-23-43(39-45)49-31-18-34-53-54(49)50-30-14-16-33-52(50)56(53,46-25-9-3-10-26-46)47-27-11-4-12-28-47/h1-39H. The second kappa shape index (κ2) is 14.3. The largest absolute Gasteiger partial charge is 0.310 e. The van der Waals surface area contributed by atoms with Crippen LogP contribution < -0.4 is 25.6 Å². The Balaban J connectivity index is 1.18. The highest BCUT2D eigenvalue weighted by Crippen LogP contribution is 2.43. The normalized spacial score (nSPS) is 12.4. The Labute approximate surface area is 330 Å². The molecule has 0 unspecified atom stereocenters. The third-order valence-electron chi connectivity index (χ3n) is 11.4. The van der Waals surface area contributed by atoms with Gasteiger partial charge in [-0.25, -0.2) is 0 Å². The third-order valence-corrected chi connectivity index (χ3v) is 16.2. The van der Waals surface area contributed by atoms with Crippen molar-refractivity contribution in [2.75, 3.05) is 4.90 Å². The van der Waals surface area contributed by atoms with E-state index in [9.17, 15) is 0 Å². The molecule has 9 aromatic rings. The van der Waals surface area contributed by atoms with Crippen molar-refractivity contribution >= 4 is 45.9 Å². The number of hydrogen-bond acceptors (Lipinski definition) is 1. The van der Waals surface area contributed by atoms with E-state index < -0.39 is 8.07 Å². The van der Waals surface area contributed by atoms with Gasteiger partial charge >= 0.3 is 0 Å². The maximum absolute atomic E-state index is 2.62. The minimum atomic E-state index is -2.62. The van der Waals surface area contributed by atoms with Gasteiger partial charge in [0.1, 0.15) is 0 Å². The molecule has 0 radical (unpaired) electrons. The van der Waals surface area contributed by atoms with E-state index in [1.165, 1.54) is 65.3 Å². The predicted octanol–water partition coefficient (Wildman–Crippen LogP) is 11.5. The van der Waals surface area contributed by atoms with Crippen molar-refractivity contribution in [1.29, 1.82) is 0 Å². The highest BCUT2D eigenvalue weighted by molar-refractivity contribution is 7.22. The lowest BCUT2D eigenvalue weighted by molar-refractivity contribution is 1.28. The van der Waals surface area contributed by atoms with Crippen LogP contribution in [-0.4, -0.2) is 8.07 Å². The predicted molar refractivity (Wildman–Crippen MR) is 240 cm³/mol. The first-order valence-electron chi connectivity index (χ1n) is 19.4. The molecule has 1 heterocycles. The summed E-state index contributed by atoms with van der Waals surface area (Å²) in [7, 11) is -2.62. The average Bonchev–Trinajstić information content (AvgIpc) is 3.59. The number of anilines is 3. The number of hydrogen-bond donors (Lipinski definition) is 0. The Bertz CT molecular complexity index is 2740. The molecule has 0 fully saturated rings. The molecule has 1 nitrogen and oxygen atoms in total. The molecule has 0 saturated heterocycles. The second-order valence-electron chi connectivity index (χ2n) is 14.4. The van der Waals surface area contributed by atoms with Crippen molar-refractivity contribution < 1.29 is 0 Å². The molecule has 264 valence electrons. The first kappa shape index (κ1) is 33.6. The molecule has 1 aliphatic rings. The monoisotopic (exact) mass is 729 g/mol. The molecule has 0 amide bonds. The summed E-state index contributed by atoms with van der Waals surface area (Å²) in [4.78, 5) is 2.42. The van der Waals surface area contributed by atoms with Gasteiger partial charge in [0, 0.05) is 16.9 Å². The molecule has 2 heteroatoms. The molecule has 0 bridgehead atoms. The van der Waals surface area contributed by atoms with E-state index in [1.807, 2.05) is 0 Å². The van der Waals surface area contributed by atoms with Crippen molar-refractivity contribution in [3.8, 4) is 44.5 Å². The fraction of sp³-hybridized carbons (Fsp3) is 0. The molecule has 0 atom stereocenters. The van der Waals surface area contributed by atoms with Gasteiger partial charge in [-0.2, -0.15) is 0 Å². The van der Waals surface area contributed by atoms with Crippen molar-refractivity contribution in [2.24, 2.45) is 0 Å². The van der Waals surface area contributed by atoms with Gasteiger partial charge in [0.05, 0.1) is 5.69 Å². The summed E-state index contributed by atoms with van der Waals surface area (Å²) in [5.74, 6) is 0. The number of para-hydroxylation sites is 1. The zero-order valence-corrected chi connectivity index (χ0v) is 32.0. The second-order valence-corrected chi connectivity index (χ2v) is 18.2. The lowest BCUT2D eigenvalue weighted by Gasteiger charge is -2.31. The smallest absolute Gasteiger partial charge is 0.180 e. The van der Waals surface area contributed by atoms with E-state index >= 15 is 0 Å². The number of benzene rings is 9. The van der Waals surface area contributed by atoms with Crippen molar-refractivity contribution in [3.63, 3.8) is 0 Å². The van der Waals surface area contributed by atoms with Crippen LogP contribution in [0.25, 0.3) is 44.5 Å². The third kappa shape index (κ3) is 5.62. The highest BCUT2D eigenvalue weighted by atomic mass is 28.3. The number of nitrogens with zero attached hydrogens (tertiary/aromatic N) is 1. The Hall–Kier alpha value is -7.00. The van der Waals surface area contributed by atoms with Crippen LogP contribution in [0.5, 0.6) is 0 Å². The maximum Gasteiger partial charge on any atom is 0.180 e. The molecule has 0 aliphatic carbocycles. The molecule has 1 aliphatic heterocycles. The van der Waals surface area contributed by atoms with Crippen LogP contribution in [0, 0.1) is 0 Å². The van der Waals surface area contributed by atoms with E-state index in [1.54, 1.807) is 0 Å². The Morgan fingerprint density at radius 3 is 1.45 bits per heavy atom. The first-order valence-corrected chi connectivity index (χ1v) is 21.4. The van der Waals surface area contributed by atoms with Gasteiger partial charge in [0.25, 0.3) is 0 Å². The molecule has 0 spiro atoms. The van der Waals surface area contributed by atoms with Crippen LogP contribution in [0.1, 0.15) is 0 Å². The van der Waals surface area contributed by atoms with Gasteiger partial charge < -0.3 is 4.90 Å². The summed E-state index contributed by atoms with van der Waals surface area (Å²) in [6, 6.07) is 86.9. The van der Waals surface area contributed by atoms with Crippen molar-refractivity contribution in [1.82, 2.24) is 0 Å². The van der Waals surface area contributed by atoms with E-state index in [2.05, 4.69) is 241 Å². The van der Waals surface area contributed by atoms with Gasteiger partial charge in [-0.05, 0) is 90.0 Å². The molecule has 10 rings (SSSR count). The summed E-state index contributed by atoms with van der Waals surface area (Å²) < 4.78 is 0. The quantitative estimate of drug-likeness (QED) is 0.141. The molecule has 56 heavy (non-hydrogen) atoms. The lowest BCUT2D eigenvalue weighted by Crippen LogP contribution is -2.72. The highest BCUT2D eigenvalue weighted by Gasteiger charge is 2.49. The van der Waals surface area contributed by atoms with Crippen molar-refractivity contribution in [2.45, 2.75) is 0 Å². The number of rotatable bonds is 8. The lowest BCUT2D eigenvalue weighted by atomic mass is 9.94. The SMILES string of the molecule is c1ccc(-c2ccc(N(c3cccc(-c4cccc5c4-c4ccccc4[Si]5(c4ccccc4)c4ccccc4)c3)c3ccccc3-c3ccccc3)cc2)cc1. The van der Waals surface area contributed by atoms with Crippen LogP contribution in [0.4, 0.5) is 17.1 Å². The summed E-state index contributed by atoms with van der Waals surface area (Å²) in [5.41, 5.74) is 13.3. The Morgan fingerprint density at radius 2 is 0.768 bits per heavy atom. The fourth-order valence-corrected chi connectivity index (χ4v) is 14.1. The van der Waals surface area contributed by atoms with Gasteiger partial charge in [-0.1, -0.05) is 206 Å². The Kier molecular flexibility index (Phi) is 8.59. The van der Waals surface area contributed by atoms with Crippen LogP contribution in [0.15, 0.2) is 237 Å². The van der Waals surface area contributed by atoms with Crippen LogP contribution in [0.2, 0.25) is 0 Å². The van der Waals surface area contributed by atoms with Crippen LogP contribution in [-0.2, 0) is 0 Å². The van der Waals surface area contributed by atoms with Gasteiger partial charge in [0.15, 0.2) is 8.07 Å². The fourth-order valence-electron chi connectivity index (χ4n) is 8.94. The summed E-state index contributed by atoms with van der Waals surface area (Å²) in [6.45, 7) is 0. The van der Waals surface area contributed by atoms with E-state index in [0.717, 1.165) is 17.1 Å². The summed E-state index contributed by atoms with van der Waals surface area (Å²) >= 11 is 0. The molecular formula is C54H39NSi. The van der Waals surface area contributed by atoms with E-state index in [0.29, 0.717) is 0 Å². The van der Waals surface area contributed by atoms with Gasteiger partial charge in [-0.3, -0.25) is 0 Å². The molecule has 9 aromatic carbocycles. The van der Waals surface area contributed by atoms with E-state index in [4.69, 9.17) is 0 Å². The number of fused-ring (bicyclic) bond motifs is 3. The summed E-state index contributed by atoms with van der Waals surface area (Å²) in [6.07, 6.45) is 0. The van der Waals surface area contributed by atoms with Gasteiger partial charge in [-0.15, -0.1) is 0 Å². The maximum atomic E-state index is 2.42. The molecule has 0 aromatic heterocycles. The zero-order valence-electron chi connectivity index (χ0n) is 31.0. The van der Waals surface area contributed by atoms with E-state index in [-0.39, 0.29) is 0 Å². The minimum Gasteiger partial charge on any atom is -0.310 e. The summed E-state index contributed by atoms with van der Waals surface area (Å²) in [5, 5.41) is 5.71. The molecule has 0 N–H and O–H groups in total. The topological polar surface area (TPSA) is 3.24 Å². The molecule has 0 saturated carbocycles. The van der Waals surface area contributed by atoms with Crippen LogP contribution in [0.3, 0.4) is 0 Å². The molecular weight excluding hydrogens is 691 g/mol.